The maximum absolute atomic E-state index is 12.8. The molecule has 1 aliphatic rings. The van der Waals surface area contributed by atoms with Gasteiger partial charge in [0.25, 0.3) is 0 Å². The summed E-state index contributed by atoms with van der Waals surface area (Å²) in [5.74, 6) is -0.807. The van der Waals surface area contributed by atoms with E-state index in [9.17, 15) is 53.7 Å². The Kier molecular flexibility index (Phi) is 32.0. The van der Waals surface area contributed by atoms with Crippen molar-refractivity contribution in [2.75, 3.05) is 25.6 Å². The molecule has 1 aliphatic heterocycles. The second-order valence-electron chi connectivity index (χ2n) is 17.8. The molecule has 0 saturated carbocycles. The zero-order valence-electron chi connectivity index (χ0n) is 41.2. The number of aromatic nitrogens is 2. The van der Waals surface area contributed by atoms with Crippen LogP contribution in [-0.2, 0) is 46.3 Å². The van der Waals surface area contributed by atoms with Crippen molar-refractivity contribution in [1.82, 2.24) is 9.55 Å². The van der Waals surface area contributed by atoms with Crippen LogP contribution in [0, 0.1) is 5.92 Å². The smallest absolute Gasteiger partial charge is 0.462 e. The monoisotopic (exact) mass is 1030 g/mol. The second-order valence-corrected chi connectivity index (χ2v) is 20.9. The number of phosphoric acid groups is 2. The molecule has 20 nitrogen and oxygen atoms in total. The summed E-state index contributed by atoms with van der Waals surface area (Å²) in [7, 11) is -10.9. The van der Waals surface area contributed by atoms with Crippen molar-refractivity contribution >= 4 is 33.4 Å². The molecule has 0 bridgehead atoms. The van der Waals surface area contributed by atoms with Gasteiger partial charge in [-0.15, -0.1) is 0 Å². The number of nitrogen functional groups attached to an aromatic ring is 1. The fourth-order valence-corrected chi connectivity index (χ4v) is 9.23. The lowest BCUT2D eigenvalue weighted by Crippen LogP contribution is -2.36. The van der Waals surface area contributed by atoms with Gasteiger partial charge < -0.3 is 50.2 Å². The fourth-order valence-electron chi connectivity index (χ4n) is 7.12. The van der Waals surface area contributed by atoms with Crippen LogP contribution < -0.4 is 11.4 Å². The van der Waals surface area contributed by atoms with Gasteiger partial charge in [-0.25, -0.2) is 13.9 Å². The zero-order valence-corrected chi connectivity index (χ0v) is 43.0. The van der Waals surface area contributed by atoms with E-state index in [2.05, 4.69) is 30.1 Å². The zero-order chi connectivity index (χ0) is 51.8. The highest BCUT2D eigenvalue weighted by Crippen LogP contribution is 2.60. The van der Waals surface area contributed by atoms with Crippen LogP contribution in [0.5, 0.6) is 0 Å². The van der Waals surface area contributed by atoms with Gasteiger partial charge in [0.05, 0.1) is 25.4 Å². The Bertz CT molecular complexity index is 1910. The minimum atomic E-state index is -5.47. The summed E-state index contributed by atoms with van der Waals surface area (Å²) in [5, 5.41) is 41.2. The van der Waals surface area contributed by atoms with E-state index in [4.69, 9.17) is 29.0 Å². The first-order valence-corrected chi connectivity index (χ1v) is 27.7. The summed E-state index contributed by atoms with van der Waals surface area (Å²) < 4.78 is 56.5. The minimum absolute atomic E-state index is 0.000286. The Morgan fingerprint density at radius 2 is 1.33 bits per heavy atom. The van der Waals surface area contributed by atoms with Crippen molar-refractivity contribution in [3.05, 3.63) is 71.4 Å². The van der Waals surface area contributed by atoms with E-state index >= 15 is 0 Å². The summed E-state index contributed by atoms with van der Waals surface area (Å²) >= 11 is 0. The predicted octanol–water partition coefficient (Wildman–Crippen LogP) is 7.57. The second kappa shape index (κ2) is 35.7. The largest absolute Gasteiger partial charge is 0.481 e. The van der Waals surface area contributed by atoms with E-state index in [1.54, 1.807) is 24.3 Å². The number of hydrogen-bond donors (Lipinski definition) is 7. The van der Waals surface area contributed by atoms with Crippen LogP contribution >= 0.6 is 15.6 Å². The van der Waals surface area contributed by atoms with Gasteiger partial charge in [-0.1, -0.05) is 153 Å². The Morgan fingerprint density at radius 3 is 1.93 bits per heavy atom. The lowest BCUT2D eigenvalue weighted by atomic mass is 10.0. The number of aliphatic hydroxyl groups is 4. The van der Waals surface area contributed by atoms with Gasteiger partial charge in [-0.05, 0) is 44.1 Å². The van der Waals surface area contributed by atoms with Gasteiger partial charge in [0, 0.05) is 19.0 Å². The summed E-state index contributed by atoms with van der Waals surface area (Å²) in [5.41, 5.74) is 4.56. The average Bonchev–Trinajstić information content (AvgIpc) is 3.57. The standard InChI is InChI=1S/C48H81N3O17P2/c1-4-5-19-26-38(52)27-21-16-12-10-13-17-22-28-39(53)29-24-31-43(54)63-34-40(66-44(55)30-23-18-14-9-7-6-8-11-15-20-25-37(2)3)35-64-69(59,60)68-70(61,62)65-36-41-45(56)46(57)47(67-41)51-33-32-42(49)50-48(51)58/h12-13,16-17,21-22,27-28,32-33,37-41,45-47,52-53,56-57H,4-11,14-15,18-20,23-26,29-31,34-36H2,1-3H3,(H,59,60)(H,61,62)(H2,49,50,58)/b16-12-,17-13-,27-21+,28-22+/t38-,39-,40+,41+,45+,46+,47+/m0/s1. The maximum Gasteiger partial charge on any atom is 0.481 e. The first kappa shape index (κ1) is 62.8. The molecule has 0 radical (unpaired) electrons. The Hall–Kier alpha value is -3.36. The number of unbranched alkanes of at least 4 members (excludes halogenated alkanes) is 11. The average molecular weight is 1030 g/mol. The van der Waals surface area contributed by atoms with Gasteiger partial charge in [0.15, 0.2) is 12.3 Å². The summed E-state index contributed by atoms with van der Waals surface area (Å²) in [4.78, 5) is 61.8. The van der Waals surface area contributed by atoms with E-state index < -0.39 is 95.9 Å². The molecule has 70 heavy (non-hydrogen) atoms. The van der Waals surface area contributed by atoms with Crippen LogP contribution in [0.15, 0.2) is 65.7 Å². The molecule has 9 atom stereocenters. The third-order valence-corrected chi connectivity index (χ3v) is 13.7. The molecular weight excluding hydrogens is 952 g/mol. The Balaban J connectivity index is 1.87. The molecule has 0 spiro atoms. The molecular formula is C48H81N3O17P2. The SMILES string of the molecule is CCCCC[C@H](O)/C=C/C=C\C/C=C\C=C\[C@H](O)CCCC(=O)OC[C@H](COP(=O)(O)OP(=O)(O)OC[C@H]1O[C@@H](n2ccc(N)nc2=O)[C@H](O)[C@@H]1O)OC(=O)CCCCCCCCCCCCC(C)C. The molecule has 0 aromatic carbocycles. The van der Waals surface area contributed by atoms with Crippen LogP contribution in [-0.4, -0.2) is 108 Å². The van der Waals surface area contributed by atoms with Crippen LogP contribution in [0.1, 0.15) is 155 Å². The molecule has 22 heteroatoms. The van der Waals surface area contributed by atoms with E-state index in [0.717, 1.165) is 74.5 Å². The van der Waals surface area contributed by atoms with Gasteiger partial charge in [-0.2, -0.15) is 9.29 Å². The van der Waals surface area contributed by atoms with Gasteiger partial charge in [0.1, 0.15) is 30.7 Å². The van der Waals surface area contributed by atoms with Crippen LogP contribution in [0.25, 0.3) is 0 Å². The number of carbonyl (C=O) groups excluding carboxylic acids is 2. The van der Waals surface area contributed by atoms with E-state index in [1.807, 2.05) is 24.3 Å². The number of anilines is 1. The molecule has 400 valence electrons. The third-order valence-electron chi connectivity index (χ3n) is 11.1. The van der Waals surface area contributed by atoms with Gasteiger partial charge in [-0.3, -0.25) is 23.2 Å². The highest BCUT2D eigenvalue weighted by Gasteiger charge is 2.46. The van der Waals surface area contributed by atoms with Crippen molar-refractivity contribution in [2.45, 2.75) is 192 Å². The topological polar surface area (TPSA) is 306 Å². The normalized spacial score (nSPS) is 20.7. The predicted molar refractivity (Wildman–Crippen MR) is 264 cm³/mol. The number of hydrogen-bond acceptors (Lipinski definition) is 17. The number of esters is 2. The molecule has 2 heterocycles. The molecule has 0 amide bonds. The van der Waals surface area contributed by atoms with Gasteiger partial charge >= 0.3 is 33.3 Å². The molecule has 1 aromatic heterocycles. The Morgan fingerprint density at radius 1 is 0.771 bits per heavy atom. The summed E-state index contributed by atoms with van der Waals surface area (Å²) in [6.07, 6.45) is 22.8. The molecule has 0 aliphatic carbocycles. The molecule has 2 rings (SSSR count). The number of nitrogens with zero attached hydrogens (tertiary/aromatic N) is 2. The number of aliphatic hydroxyl groups excluding tert-OH is 4. The van der Waals surface area contributed by atoms with E-state index in [-0.39, 0.29) is 31.5 Å². The molecule has 8 N–H and O–H groups in total. The number of allylic oxidation sites excluding steroid dienone is 6. The lowest BCUT2D eigenvalue weighted by molar-refractivity contribution is -0.161. The van der Waals surface area contributed by atoms with E-state index in [0.29, 0.717) is 12.8 Å². The number of carbonyl (C=O) groups is 2. The van der Waals surface area contributed by atoms with Crippen molar-refractivity contribution in [3.8, 4) is 0 Å². The summed E-state index contributed by atoms with van der Waals surface area (Å²) in [6, 6.07) is 1.23. The molecule has 1 aromatic rings. The van der Waals surface area contributed by atoms with Crippen LogP contribution in [0.4, 0.5) is 5.82 Å². The van der Waals surface area contributed by atoms with E-state index in [1.165, 1.54) is 38.2 Å². The van der Waals surface area contributed by atoms with Crippen molar-refractivity contribution in [3.63, 3.8) is 0 Å². The first-order valence-electron chi connectivity index (χ1n) is 24.7. The highest BCUT2D eigenvalue weighted by atomic mass is 31.3. The molecule has 1 fully saturated rings. The third kappa shape index (κ3) is 29.2. The lowest BCUT2D eigenvalue weighted by Gasteiger charge is -2.21. The van der Waals surface area contributed by atoms with Crippen LogP contribution in [0.3, 0.4) is 0 Å². The first-order chi connectivity index (χ1) is 33.3. The quantitative estimate of drug-likeness (QED) is 0.0145. The van der Waals surface area contributed by atoms with Crippen LogP contribution in [0.2, 0.25) is 0 Å². The minimum Gasteiger partial charge on any atom is -0.462 e. The highest BCUT2D eigenvalue weighted by molar-refractivity contribution is 7.61. The summed E-state index contributed by atoms with van der Waals surface area (Å²) in [6.45, 7) is 4.09. The molecule has 1 saturated heterocycles. The maximum atomic E-state index is 12.8. The fraction of sp³-hybridized carbons (Fsp3) is 0.708. The van der Waals surface area contributed by atoms with Gasteiger partial charge in [0.2, 0.25) is 0 Å². The number of phosphoric ester groups is 2. The number of ether oxygens (including phenoxy) is 3. The van der Waals surface area contributed by atoms with Crippen molar-refractivity contribution < 1.29 is 76.5 Å². The number of nitrogens with two attached hydrogens (primary N) is 1. The Labute approximate surface area is 413 Å². The number of rotatable bonds is 39. The van der Waals surface area contributed by atoms with Crippen molar-refractivity contribution in [2.24, 2.45) is 5.92 Å². The van der Waals surface area contributed by atoms with Crippen molar-refractivity contribution in [1.29, 1.82) is 0 Å². The molecule has 2 unspecified atom stereocenters.